The summed E-state index contributed by atoms with van der Waals surface area (Å²) in [6.07, 6.45) is 2.51. The van der Waals surface area contributed by atoms with Gasteiger partial charge in [-0.05, 0) is 50.9 Å². The van der Waals surface area contributed by atoms with Crippen LogP contribution in [0.3, 0.4) is 0 Å². The van der Waals surface area contributed by atoms with Crippen molar-refractivity contribution in [3.05, 3.63) is 35.9 Å². The van der Waals surface area contributed by atoms with E-state index in [1.165, 1.54) is 25.9 Å². The van der Waals surface area contributed by atoms with E-state index in [-0.39, 0.29) is 12.1 Å². The van der Waals surface area contributed by atoms with E-state index in [0.29, 0.717) is 11.5 Å². The highest BCUT2D eigenvalue weighted by Crippen LogP contribution is 2.19. The molecule has 1 aromatic rings. The average Bonchev–Trinajstić information content (AvgIpc) is 2.50. The SMILES string of the molecule is CC1CCN(CC(C)C(C)OC(=O)c2ccccc2)CC1. The number of esters is 1. The molecule has 21 heavy (non-hydrogen) atoms. The number of hydrogen-bond acceptors (Lipinski definition) is 3. The third-order valence-corrected chi connectivity index (χ3v) is 4.53. The molecule has 1 aromatic carbocycles. The minimum Gasteiger partial charge on any atom is -0.459 e. The normalized spacial score (nSPS) is 20.0. The van der Waals surface area contributed by atoms with Crippen LogP contribution in [0.2, 0.25) is 0 Å². The van der Waals surface area contributed by atoms with Gasteiger partial charge >= 0.3 is 5.97 Å². The van der Waals surface area contributed by atoms with Gasteiger partial charge in [0.2, 0.25) is 0 Å². The lowest BCUT2D eigenvalue weighted by molar-refractivity contribution is 0.0150. The molecule has 0 aromatic heterocycles. The molecule has 1 fully saturated rings. The molecule has 0 saturated carbocycles. The van der Waals surface area contributed by atoms with Crippen LogP contribution in [-0.4, -0.2) is 36.6 Å². The molecule has 1 heterocycles. The monoisotopic (exact) mass is 289 g/mol. The molecule has 3 nitrogen and oxygen atoms in total. The zero-order valence-corrected chi connectivity index (χ0v) is 13.4. The highest BCUT2D eigenvalue weighted by atomic mass is 16.5. The van der Waals surface area contributed by atoms with Crippen LogP contribution in [0.25, 0.3) is 0 Å². The Bertz CT molecular complexity index is 438. The third kappa shape index (κ3) is 4.85. The van der Waals surface area contributed by atoms with E-state index < -0.39 is 0 Å². The maximum absolute atomic E-state index is 12.1. The van der Waals surface area contributed by atoms with E-state index in [4.69, 9.17) is 4.74 Å². The van der Waals surface area contributed by atoms with Crippen LogP contribution in [0.4, 0.5) is 0 Å². The molecule has 0 aliphatic carbocycles. The van der Waals surface area contributed by atoms with Gasteiger partial charge in [-0.3, -0.25) is 0 Å². The molecule has 1 saturated heterocycles. The summed E-state index contributed by atoms with van der Waals surface area (Å²) in [5, 5.41) is 0. The van der Waals surface area contributed by atoms with Crippen molar-refractivity contribution in [2.75, 3.05) is 19.6 Å². The number of carbonyl (C=O) groups is 1. The van der Waals surface area contributed by atoms with E-state index in [1.807, 2.05) is 25.1 Å². The number of piperidine rings is 1. The van der Waals surface area contributed by atoms with Gasteiger partial charge in [0.05, 0.1) is 5.56 Å². The Kier molecular flexibility index (Phi) is 5.80. The largest absolute Gasteiger partial charge is 0.459 e. The molecule has 0 amide bonds. The second kappa shape index (κ2) is 7.60. The van der Waals surface area contributed by atoms with Gasteiger partial charge in [-0.1, -0.05) is 32.0 Å². The van der Waals surface area contributed by atoms with Crippen molar-refractivity contribution in [3.63, 3.8) is 0 Å². The van der Waals surface area contributed by atoms with Gasteiger partial charge in [-0.2, -0.15) is 0 Å². The number of nitrogens with zero attached hydrogens (tertiary/aromatic N) is 1. The smallest absolute Gasteiger partial charge is 0.338 e. The summed E-state index contributed by atoms with van der Waals surface area (Å²) in [6, 6.07) is 9.22. The fourth-order valence-corrected chi connectivity index (χ4v) is 2.73. The lowest BCUT2D eigenvalue weighted by Gasteiger charge is -2.33. The molecule has 1 aliphatic rings. The molecule has 2 atom stereocenters. The summed E-state index contributed by atoms with van der Waals surface area (Å²) in [7, 11) is 0. The van der Waals surface area contributed by atoms with Crippen molar-refractivity contribution in [2.24, 2.45) is 11.8 Å². The quantitative estimate of drug-likeness (QED) is 0.776. The van der Waals surface area contributed by atoms with Gasteiger partial charge in [-0.15, -0.1) is 0 Å². The van der Waals surface area contributed by atoms with E-state index >= 15 is 0 Å². The van der Waals surface area contributed by atoms with Crippen LogP contribution >= 0.6 is 0 Å². The minimum atomic E-state index is -0.220. The van der Waals surface area contributed by atoms with Gasteiger partial charge in [0.25, 0.3) is 0 Å². The summed E-state index contributed by atoms with van der Waals surface area (Å²) in [6.45, 7) is 9.84. The molecule has 0 radical (unpaired) electrons. The van der Waals surface area contributed by atoms with Crippen LogP contribution in [0.15, 0.2) is 30.3 Å². The summed E-state index contributed by atoms with van der Waals surface area (Å²) < 4.78 is 5.60. The summed E-state index contributed by atoms with van der Waals surface area (Å²) in [5.74, 6) is 0.984. The Balaban J connectivity index is 1.79. The molecule has 116 valence electrons. The highest BCUT2D eigenvalue weighted by Gasteiger charge is 2.22. The first-order chi connectivity index (χ1) is 10.1. The Morgan fingerprint density at radius 2 is 1.86 bits per heavy atom. The first-order valence-corrected chi connectivity index (χ1v) is 8.04. The molecule has 2 rings (SSSR count). The van der Waals surface area contributed by atoms with Crippen molar-refractivity contribution in [2.45, 2.75) is 39.7 Å². The molecular formula is C18H27NO2. The maximum atomic E-state index is 12.1. The molecule has 0 bridgehead atoms. The van der Waals surface area contributed by atoms with E-state index in [0.717, 1.165) is 12.5 Å². The predicted molar refractivity (Wildman–Crippen MR) is 85.3 cm³/mol. The van der Waals surface area contributed by atoms with Crippen molar-refractivity contribution in [1.82, 2.24) is 4.90 Å². The number of rotatable bonds is 5. The predicted octanol–water partition coefficient (Wildman–Crippen LogP) is 3.60. The lowest BCUT2D eigenvalue weighted by atomic mass is 9.97. The zero-order chi connectivity index (χ0) is 15.2. The van der Waals surface area contributed by atoms with Crippen LogP contribution < -0.4 is 0 Å². The molecule has 0 N–H and O–H groups in total. The van der Waals surface area contributed by atoms with E-state index in [2.05, 4.69) is 18.7 Å². The van der Waals surface area contributed by atoms with Crippen LogP contribution in [0, 0.1) is 11.8 Å². The van der Waals surface area contributed by atoms with Crippen molar-refractivity contribution < 1.29 is 9.53 Å². The molecule has 0 spiro atoms. The lowest BCUT2D eigenvalue weighted by Crippen LogP contribution is -2.39. The number of carbonyl (C=O) groups excluding carboxylic acids is 1. The maximum Gasteiger partial charge on any atom is 0.338 e. The number of likely N-dealkylation sites (tertiary alicyclic amines) is 1. The average molecular weight is 289 g/mol. The van der Waals surface area contributed by atoms with Gasteiger partial charge in [0.1, 0.15) is 6.10 Å². The Hall–Kier alpha value is -1.35. The van der Waals surface area contributed by atoms with Crippen LogP contribution in [-0.2, 0) is 4.74 Å². The number of benzene rings is 1. The van der Waals surface area contributed by atoms with Gasteiger partial charge in [-0.25, -0.2) is 4.79 Å². The first-order valence-electron chi connectivity index (χ1n) is 8.04. The topological polar surface area (TPSA) is 29.5 Å². The zero-order valence-electron chi connectivity index (χ0n) is 13.4. The van der Waals surface area contributed by atoms with Gasteiger partial charge in [0.15, 0.2) is 0 Å². The Morgan fingerprint density at radius 1 is 1.24 bits per heavy atom. The fourth-order valence-electron chi connectivity index (χ4n) is 2.73. The summed E-state index contributed by atoms with van der Waals surface area (Å²) >= 11 is 0. The summed E-state index contributed by atoms with van der Waals surface area (Å²) in [4.78, 5) is 14.6. The summed E-state index contributed by atoms with van der Waals surface area (Å²) in [5.41, 5.74) is 0.628. The fraction of sp³-hybridized carbons (Fsp3) is 0.611. The molecule has 3 heteroatoms. The van der Waals surface area contributed by atoms with Gasteiger partial charge in [0, 0.05) is 12.5 Å². The van der Waals surface area contributed by atoms with Crippen molar-refractivity contribution in [1.29, 1.82) is 0 Å². The van der Waals surface area contributed by atoms with Crippen LogP contribution in [0.5, 0.6) is 0 Å². The minimum absolute atomic E-state index is 0.0583. The Labute approximate surface area is 128 Å². The molecule has 1 aliphatic heterocycles. The van der Waals surface area contributed by atoms with Crippen LogP contribution in [0.1, 0.15) is 44.0 Å². The second-order valence-electron chi connectivity index (χ2n) is 6.44. The molecular weight excluding hydrogens is 262 g/mol. The second-order valence-corrected chi connectivity index (χ2v) is 6.44. The van der Waals surface area contributed by atoms with Crippen molar-refractivity contribution >= 4 is 5.97 Å². The standard InChI is InChI=1S/C18H27NO2/c1-14-9-11-19(12-10-14)13-15(2)16(3)21-18(20)17-7-5-4-6-8-17/h4-8,14-16H,9-13H2,1-3H3. The molecule has 2 unspecified atom stereocenters. The third-order valence-electron chi connectivity index (χ3n) is 4.53. The Morgan fingerprint density at radius 3 is 2.48 bits per heavy atom. The number of ether oxygens (including phenoxy) is 1. The first kappa shape index (κ1) is 16.0. The van der Waals surface area contributed by atoms with Gasteiger partial charge < -0.3 is 9.64 Å². The van der Waals surface area contributed by atoms with E-state index in [1.54, 1.807) is 12.1 Å². The highest BCUT2D eigenvalue weighted by molar-refractivity contribution is 5.89. The number of hydrogen-bond donors (Lipinski definition) is 0. The van der Waals surface area contributed by atoms with Crippen molar-refractivity contribution in [3.8, 4) is 0 Å². The van der Waals surface area contributed by atoms with E-state index in [9.17, 15) is 4.79 Å².